The van der Waals surface area contributed by atoms with Crippen LogP contribution in [0.4, 0.5) is 0 Å². The van der Waals surface area contributed by atoms with Gasteiger partial charge in [0.25, 0.3) is 0 Å². The van der Waals surface area contributed by atoms with Gasteiger partial charge in [-0.15, -0.1) is 0 Å². The molecule has 0 amide bonds. The van der Waals surface area contributed by atoms with Gasteiger partial charge in [-0.25, -0.2) is 0 Å². The zero-order valence-corrected chi connectivity index (χ0v) is 5.18. The van der Waals surface area contributed by atoms with E-state index in [9.17, 15) is 0 Å². The molecule has 0 bridgehead atoms. The third-order valence-corrected chi connectivity index (χ3v) is 0.609. The highest BCUT2D eigenvalue weighted by Gasteiger charge is 1.85. The highest BCUT2D eigenvalue weighted by molar-refractivity contribution is 5.25. The second-order valence-electron chi connectivity index (χ2n) is 1.23. The van der Waals surface area contributed by atoms with Crippen molar-refractivity contribution in [2.45, 2.75) is 0 Å². The molecule has 0 aromatic heterocycles. The summed E-state index contributed by atoms with van der Waals surface area (Å²) in [5.41, 5.74) is 2.72. The SMILES string of the molecule is C=NN/C(C#N)=C\NC. The first-order chi connectivity index (χ1) is 4.35. The van der Waals surface area contributed by atoms with Gasteiger partial charge in [0.05, 0.1) is 0 Å². The highest BCUT2D eigenvalue weighted by atomic mass is 15.3. The maximum absolute atomic E-state index is 8.28. The molecule has 0 saturated carbocycles. The van der Waals surface area contributed by atoms with Crippen LogP contribution in [0.1, 0.15) is 0 Å². The molecule has 0 atom stereocenters. The van der Waals surface area contributed by atoms with Crippen LogP contribution in [-0.2, 0) is 0 Å². The number of nitriles is 1. The smallest absolute Gasteiger partial charge is 0.149 e. The molecule has 0 rings (SSSR count). The number of nitrogens with one attached hydrogen (secondary N) is 2. The van der Waals surface area contributed by atoms with Gasteiger partial charge in [0.15, 0.2) is 0 Å². The molecule has 9 heavy (non-hydrogen) atoms. The van der Waals surface area contributed by atoms with Crippen LogP contribution in [0.3, 0.4) is 0 Å². The lowest BCUT2D eigenvalue weighted by Crippen LogP contribution is -2.06. The first kappa shape index (κ1) is 7.50. The summed E-state index contributed by atoms with van der Waals surface area (Å²) in [5.74, 6) is 0. The zero-order chi connectivity index (χ0) is 7.11. The van der Waals surface area contributed by atoms with Gasteiger partial charge in [0, 0.05) is 20.0 Å². The van der Waals surface area contributed by atoms with E-state index in [4.69, 9.17) is 5.26 Å². The molecule has 0 heterocycles. The first-order valence-corrected chi connectivity index (χ1v) is 2.34. The number of hydrogen-bond acceptors (Lipinski definition) is 4. The summed E-state index contributed by atoms with van der Waals surface area (Å²) in [6, 6.07) is 1.86. The van der Waals surface area contributed by atoms with Crippen LogP contribution in [0.2, 0.25) is 0 Å². The van der Waals surface area contributed by atoms with E-state index in [2.05, 4.69) is 22.6 Å². The number of nitrogens with zero attached hydrogens (tertiary/aromatic N) is 2. The van der Waals surface area contributed by atoms with Crippen molar-refractivity contribution in [1.82, 2.24) is 10.7 Å². The van der Waals surface area contributed by atoms with Gasteiger partial charge >= 0.3 is 0 Å². The Bertz CT molecular complexity index is 153. The minimum Gasteiger partial charge on any atom is -0.392 e. The summed E-state index contributed by atoms with van der Waals surface area (Å²) in [6.45, 7) is 3.15. The molecular weight excluding hydrogens is 116 g/mol. The van der Waals surface area contributed by atoms with Crippen LogP contribution in [0, 0.1) is 11.3 Å². The van der Waals surface area contributed by atoms with Crippen molar-refractivity contribution < 1.29 is 0 Å². The molecule has 0 spiro atoms. The van der Waals surface area contributed by atoms with Gasteiger partial charge in [0.2, 0.25) is 0 Å². The van der Waals surface area contributed by atoms with Gasteiger partial charge in [-0.2, -0.15) is 10.4 Å². The number of hydrogen-bond donors (Lipinski definition) is 2. The Balaban J connectivity index is 3.85. The third kappa shape index (κ3) is 3.12. The molecule has 48 valence electrons. The van der Waals surface area contributed by atoms with E-state index >= 15 is 0 Å². The quantitative estimate of drug-likeness (QED) is 0.310. The van der Waals surface area contributed by atoms with E-state index < -0.39 is 0 Å². The molecule has 4 heteroatoms. The van der Waals surface area contributed by atoms with E-state index in [1.807, 2.05) is 6.07 Å². The lowest BCUT2D eigenvalue weighted by atomic mass is 10.5. The second-order valence-corrected chi connectivity index (χ2v) is 1.23. The number of allylic oxidation sites excluding steroid dienone is 1. The van der Waals surface area contributed by atoms with E-state index in [0.717, 1.165) is 0 Å². The lowest BCUT2D eigenvalue weighted by molar-refractivity contribution is 0.907. The van der Waals surface area contributed by atoms with E-state index in [1.54, 1.807) is 7.05 Å². The molecule has 0 saturated heterocycles. The van der Waals surface area contributed by atoms with Gasteiger partial charge in [-0.1, -0.05) is 0 Å². The fraction of sp³-hybridized carbons (Fsp3) is 0.200. The predicted molar refractivity (Wildman–Crippen MR) is 35.4 cm³/mol. The predicted octanol–water partition coefficient (Wildman–Crippen LogP) is -0.224. The van der Waals surface area contributed by atoms with Crippen LogP contribution in [0.25, 0.3) is 0 Å². The number of hydrazone groups is 1. The van der Waals surface area contributed by atoms with Crippen molar-refractivity contribution in [2.24, 2.45) is 5.10 Å². The first-order valence-electron chi connectivity index (χ1n) is 2.34. The van der Waals surface area contributed by atoms with Crippen molar-refractivity contribution in [2.75, 3.05) is 7.05 Å². The molecule has 0 aliphatic rings. The van der Waals surface area contributed by atoms with Crippen molar-refractivity contribution in [3.8, 4) is 6.07 Å². The van der Waals surface area contributed by atoms with Gasteiger partial charge in [-0.05, 0) is 0 Å². The number of rotatable bonds is 3. The maximum atomic E-state index is 8.28. The molecule has 0 aliphatic heterocycles. The highest BCUT2D eigenvalue weighted by Crippen LogP contribution is 1.79. The fourth-order valence-electron chi connectivity index (χ4n) is 0.319. The maximum Gasteiger partial charge on any atom is 0.149 e. The molecule has 0 aromatic rings. The van der Waals surface area contributed by atoms with Crippen LogP contribution in [0.15, 0.2) is 17.0 Å². The normalized spacial score (nSPS) is 9.56. The van der Waals surface area contributed by atoms with Crippen molar-refractivity contribution in [1.29, 1.82) is 5.26 Å². The molecule has 0 fully saturated rings. The largest absolute Gasteiger partial charge is 0.392 e. The van der Waals surface area contributed by atoms with Crippen molar-refractivity contribution in [3.63, 3.8) is 0 Å². The van der Waals surface area contributed by atoms with Gasteiger partial charge in [-0.3, -0.25) is 5.43 Å². The van der Waals surface area contributed by atoms with Crippen LogP contribution in [-0.4, -0.2) is 13.8 Å². The second kappa shape index (κ2) is 4.65. The fourth-order valence-corrected chi connectivity index (χ4v) is 0.319. The Labute approximate surface area is 53.9 Å². The molecule has 4 nitrogen and oxygen atoms in total. The van der Waals surface area contributed by atoms with E-state index in [-0.39, 0.29) is 0 Å². The summed E-state index contributed by atoms with van der Waals surface area (Å²) < 4.78 is 0. The molecule has 2 N–H and O–H groups in total. The Kier molecular flexibility index (Phi) is 3.88. The summed E-state index contributed by atoms with van der Waals surface area (Å²) >= 11 is 0. The zero-order valence-electron chi connectivity index (χ0n) is 5.18. The molecule has 0 aliphatic carbocycles. The Morgan fingerprint density at radius 3 is 2.89 bits per heavy atom. The lowest BCUT2D eigenvalue weighted by Gasteiger charge is -1.92. The standard InChI is InChI=1S/C5H8N4/c1-7-4-5(3-6)9-8-2/h4,7,9H,2H2,1H3/b5-4-. The summed E-state index contributed by atoms with van der Waals surface area (Å²) in [7, 11) is 1.70. The van der Waals surface area contributed by atoms with E-state index in [0.29, 0.717) is 5.70 Å². The topological polar surface area (TPSA) is 60.2 Å². The van der Waals surface area contributed by atoms with Crippen molar-refractivity contribution >= 4 is 6.72 Å². The van der Waals surface area contributed by atoms with Crippen molar-refractivity contribution in [3.05, 3.63) is 11.9 Å². The summed E-state index contributed by atoms with van der Waals surface area (Å²) in [4.78, 5) is 0. The Morgan fingerprint density at radius 1 is 1.89 bits per heavy atom. The van der Waals surface area contributed by atoms with Crippen LogP contribution in [0.5, 0.6) is 0 Å². The Morgan fingerprint density at radius 2 is 2.56 bits per heavy atom. The Hall–Kier alpha value is -1.50. The average molecular weight is 124 g/mol. The molecule has 0 unspecified atom stereocenters. The van der Waals surface area contributed by atoms with Gasteiger partial charge in [0.1, 0.15) is 11.8 Å². The van der Waals surface area contributed by atoms with Crippen LogP contribution >= 0.6 is 0 Å². The van der Waals surface area contributed by atoms with Gasteiger partial charge < -0.3 is 5.32 Å². The van der Waals surface area contributed by atoms with E-state index in [1.165, 1.54) is 6.20 Å². The average Bonchev–Trinajstić information content (AvgIpc) is 1.88. The summed E-state index contributed by atoms with van der Waals surface area (Å²) in [6.07, 6.45) is 1.49. The third-order valence-electron chi connectivity index (χ3n) is 0.609. The monoisotopic (exact) mass is 124 g/mol. The molecule has 0 aromatic carbocycles. The minimum absolute atomic E-state index is 0.340. The minimum atomic E-state index is 0.340. The molecular formula is C5H8N4. The summed E-state index contributed by atoms with van der Waals surface area (Å²) in [5, 5.41) is 14.2. The van der Waals surface area contributed by atoms with Crippen LogP contribution < -0.4 is 10.7 Å². The molecule has 0 radical (unpaired) electrons.